The van der Waals surface area contributed by atoms with Crippen molar-refractivity contribution in [3.63, 3.8) is 0 Å². The minimum atomic E-state index is -0.106. The number of allylic oxidation sites excluding steroid dienone is 1. The van der Waals surface area contributed by atoms with Crippen LogP contribution in [0.25, 0.3) is 27.7 Å². The molecule has 2 aromatic carbocycles. The molecule has 164 valence electrons. The Morgan fingerprint density at radius 3 is 2.55 bits per heavy atom. The molecule has 0 saturated carbocycles. The number of rotatable bonds is 8. The molecule has 3 rings (SSSR count). The van der Waals surface area contributed by atoms with E-state index in [2.05, 4.69) is 42.6 Å². The van der Waals surface area contributed by atoms with Gasteiger partial charge in [-0.1, -0.05) is 29.8 Å². The van der Waals surface area contributed by atoms with Crippen LogP contribution in [0.15, 0.2) is 47.1 Å². The fraction of sp³-hybridized carbons (Fsp3) is 0.346. The third kappa shape index (κ3) is 5.17. The summed E-state index contributed by atoms with van der Waals surface area (Å²) in [4.78, 5) is 14.5. The molecule has 3 aromatic rings. The number of ether oxygens (including phenoxy) is 1. The van der Waals surface area contributed by atoms with Gasteiger partial charge >= 0.3 is 0 Å². The fourth-order valence-corrected chi connectivity index (χ4v) is 3.62. The third-order valence-electron chi connectivity index (χ3n) is 5.33. The van der Waals surface area contributed by atoms with E-state index in [9.17, 15) is 4.79 Å². The third-order valence-corrected chi connectivity index (χ3v) is 5.33. The number of hydrogen-bond donors (Lipinski definition) is 1. The first kappa shape index (κ1) is 22.6. The molecule has 31 heavy (non-hydrogen) atoms. The van der Waals surface area contributed by atoms with Gasteiger partial charge in [0.1, 0.15) is 11.3 Å². The second-order valence-electron chi connectivity index (χ2n) is 8.13. The molecule has 0 fully saturated rings. The molecule has 5 heteroatoms. The van der Waals surface area contributed by atoms with Gasteiger partial charge in [0.15, 0.2) is 0 Å². The first-order valence-corrected chi connectivity index (χ1v) is 10.7. The summed E-state index contributed by atoms with van der Waals surface area (Å²) in [5.41, 5.74) is 6.86. The van der Waals surface area contributed by atoms with Gasteiger partial charge in [-0.3, -0.25) is 4.79 Å². The summed E-state index contributed by atoms with van der Waals surface area (Å²) >= 11 is 0. The molecule has 1 heterocycles. The second-order valence-corrected chi connectivity index (χ2v) is 8.13. The monoisotopic (exact) mass is 420 g/mol. The van der Waals surface area contributed by atoms with E-state index in [4.69, 9.17) is 9.15 Å². The van der Waals surface area contributed by atoms with Gasteiger partial charge in [0.2, 0.25) is 5.91 Å². The molecule has 1 aromatic heterocycles. The summed E-state index contributed by atoms with van der Waals surface area (Å²) < 4.78 is 11.9. The summed E-state index contributed by atoms with van der Waals surface area (Å²) in [7, 11) is 3.96. The molecule has 0 bridgehead atoms. The maximum Gasteiger partial charge on any atom is 0.244 e. The van der Waals surface area contributed by atoms with Crippen molar-refractivity contribution < 1.29 is 13.9 Å². The molecular formula is C26H32N2O3. The van der Waals surface area contributed by atoms with Gasteiger partial charge in [0.05, 0.1) is 12.9 Å². The Balaban J connectivity index is 2.05. The Kier molecular flexibility index (Phi) is 7.18. The molecule has 0 aliphatic carbocycles. The van der Waals surface area contributed by atoms with Crippen molar-refractivity contribution in [1.82, 2.24) is 10.2 Å². The lowest BCUT2D eigenvalue weighted by Gasteiger charge is -2.15. The van der Waals surface area contributed by atoms with Crippen LogP contribution in [0.2, 0.25) is 0 Å². The number of likely N-dealkylation sites (N-methyl/N-ethyl adjacent to an activating group) is 1. The first-order valence-electron chi connectivity index (χ1n) is 10.7. The average Bonchev–Trinajstić information content (AvgIpc) is 3.14. The number of carbonyl (C=O) groups is 1. The summed E-state index contributed by atoms with van der Waals surface area (Å²) in [5.74, 6) is 0.653. The van der Waals surface area contributed by atoms with Crippen LogP contribution in [-0.2, 0) is 4.79 Å². The molecule has 1 amide bonds. The standard InChI is InChI=1S/C26H32N2O3/c1-7-30-25-19(4)26-22(23(16-31-26)20-10-8-17(2)9-11-20)15-21(25)18(3)14-24(29)27-12-13-28(5)6/h8-11,14-16H,7,12-13H2,1-6H3,(H,27,29)/b18-14+. The number of nitrogens with one attached hydrogen (secondary N) is 1. The number of fused-ring (bicyclic) bond motifs is 1. The second kappa shape index (κ2) is 9.84. The zero-order valence-electron chi connectivity index (χ0n) is 19.3. The Morgan fingerprint density at radius 1 is 1.19 bits per heavy atom. The van der Waals surface area contributed by atoms with Gasteiger partial charge in [-0.2, -0.15) is 0 Å². The minimum absolute atomic E-state index is 0.106. The minimum Gasteiger partial charge on any atom is -0.493 e. The van der Waals surface area contributed by atoms with Crippen molar-refractivity contribution in [2.75, 3.05) is 33.8 Å². The van der Waals surface area contributed by atoms with E-state index in [-0.39, 0.29) is 5.91 Å². The van der Waals surface area contributed by atoms with E-state index in [0.29, 0.717) is 13.2 Å². The van der Waals surface area contributed by atoms with E-state index in [1.807, 2.05) is 39.8 Å². The molecule has 0 saturated heterocycles. The lowest BCUT2D eigenvalue weighted by atomic mass is 9.96. The van der Waals surface area contributed by atoms with E-state index < -0.39 is 0 Å². The highest BCUT2D eigenvalue weighted by atomic mass is 16.5. The van der Waals surface area contributed by atoms with Crippen molar-refractivity contribution in [3.05, 3.63) is 59.4 Å². The van der Waals surface area contributed by atoms with Gasteiger partial charge in [-0.15, -0.1) is 0 Å². The lowest BCUT2D eigenvalue weighted by molar-refractivity contribution is -0.116. The predicted octanol–water partition coefficient (Wildman–Crippen LogP) is 5.20. The number of nitrogens with zero attached hydrogens (tertiary/aromatic N) is 1. The largest absolute Gasteiger partial charge is 0.493 e. The predicted molar refractivity (Wildman–Crippen MR) is 128 cm³/mol. The fourth-order valence-electron chi connectivity index (χ4n) is 3.62. The van der Waals surface area contributed by atoms with E-state index in [1.165, 1.54) is 5.56 Å². The maximum absolute atomic E-state index is 12.4. The molecule has 0 aliphatic heterocycles. The Morgan fingerprint density at radius 2 is 1.90 bits per heavy atom. The van der Waals surface area contributed by atoms with Gasteiger partial charge in [0.25, 0.3) is 0 Å². The zero-order chi connectivity index (χ0) is 22.5. The van der Waals surface area contributed by atoms with E-state index >= 15 is 0 Å². The number of furan rings is 1. The quantitative estimate of drug-likeness (QED) is 0.509. The van der Waals surface area contributed by atoms with Crippen LogP contribution in [0.3, 0.4) is 0 Å². The normalized spacial score (nSPS) is 11.9. The Hall–Kier alpha value is -3.05. The number of carbonyl (C=O) groups excluding carboxylic acids is 1. The summed E-state index contributed by atoms with van der Waals surface area (Å²) in [6, 6.07) is 10.5. The molecule has 0 spiro atoms. The maximum atomic E-state index is 12.4. The van der Waals surface area contributed by atoms with Crippen molar-refractivity contribution >= 4 is 22.4 Å². The Bertz CT molecular complexity index is 1090. The van der Waals surface area contributed by atoms with Crippen molar-refractivity contribution in [1.29, 1.82) is 0 Å². The highest BCUT2D eigenvalue weighted by Gasteiger charge is 2.19. The van der Waals surface area contributed by atoms with Crippen molar-refractivity contribution in [2.45, 2.75) is 27.7 Å². The Labute approximate surface area is 184 Å². The number of benzene rings is 2. The molecular weight excluding hydrogens is 388 g/mol. The van der Waals surface area contributed by atoms with Crippen LogP contribution >= 0.6 is 0 Å². The molecule has 0 aliphatic rings. The van der Waals surface area contributed by atoms with Gasteiger partial charge in [0, 0.05) is 41.2 Å². The van der Waals surface area contributed by atoms with Crippen molar-refractivity contribution in [2.24, 2.45) is 0 Å². The SMILES string of the molecule is CCOc1c(/C(C)=C/C(=O)NCCN(C)C)cc2c(-c3ccc(C)cc3)coc2c1C. The molecule has 0 unspecified atom stereocenters. The number of amides is 1. The molecule has 0 radical (unpaired) electrons. The van der Waals surface area contributed by atoms with Gasteiger partial charge < -0.3 is 19.4 Å². The van der Waals surface area contributed by atoms with E-state index in [0.717, 1.165) is 51.1 Å². The van der Waals surface area contributed by atoms with Crippen LogP contribution in [0, 0.1) is 13.8 Å². The summed E-state index contributed by atoms with van der Waals surface area (Å²) in [6.45, 7) is 9.91. The number of hydrogen-bond acceptors (Lipinski definition) is 4. The van der Waals surface area contributed by atoms with Crippen LogP contribution in [0.4, 0.5) is 0 Å². The van der Waals surface area contributed by atoms with Gasteiger partial charge in [-0.25, -0.2) is 0 Å². The average molecular weight is 421 g/mol. The zero-order valence-corrected chi connectivity index (χ0v) is 19.3. The van der Waals surface area contributed by atoms with Crippen LogP contribution < -0.4 is 10.1 Å². The molecule has 0 atom stereocenters. The smallest absolute Gasteiger partial charge is 0.244 e. The van der Waals surface area contributed by atoms with Crippen LogP contribution in [-0.4, -0.2) is 44.6 Å². The highest BCUT2D eigenvalue weighted by molar-refractivity contribution is 6.01. The van der Waals surface area contributed by atoms with Crippen LogP contribution in [0.1, 0.15) is 30.5 Å². The molecule has 1 N–H and O–H groups in total. The van der Waals surface area contributed by atoms with Crippen LogP contribution in [0.5, 0.6) is 5.75 Å². The summed E-state index contributed by atoms with van der Waals surface area (Å²) in [5, 5.41) is 3.95. The summed E-state index contributed by atoms with van der Waals surface area (Å²) in [6.07, 6.45) is 3.44. The highest BCUT2D eigenvalue weighted by Crippen LogP contribution is 2.40. The van der Waals surface area contributed by atoms with E-state index in [1.54, 1.807) is 12.3 Å². The first-order chi connectivity index (χ1) is 14.8. The lowest BCUT2D eigenvalue weighted by Crippen LogP contribution is -2.30. The van der Waals surface area contributed by atoms with Gasteiger partial charge in [-0.05, 0) is 59.0 Å². The molecule has 5 nitrogen and oxygen atoms in total. The number of aryl methyl sites for hydroxylation is 2. The van der Waals surface area contributed by atoms with Crippen molar-refractivity contribution in [3.8, 4) is 16.9 Å². The topological polar surface area (TPSA) is 54.7 Å².